The van der Waals surface area contributed by atoms with Crippen LogP contribution in [0.25, 0.3) is 6.08 Å². The van der Waals surface area contributed by atoms with E-state index in [1.807, 2.05) is 17.5 Å². The summed E-state index contributed by atoms with van der Waals surface area (Å²) in [6.07, 6.45) is 3.10. The second-order valence-electron chi connectivity index (χ2n) is 5.55. The molecule has 8 heteroatoms. The first-order valence-corrected chi connectivity index (χ1v) is 9.63. The molecule has 0 bridgehead atoms. The van der Waals surface area contributed by atoms with E-state index >= 15 is 0 Å². The van der Waals surface area contributed by atoms with E-state index in [0.717, 1.165) is 4.88 Å². The third-order valence-corrected chi connectivity index (χ3v) is 5.00. The molecule has 0 fully saturated rings. The van der Waals surface area contributed by atoms with E-state index in [-0.39, 0.29) is 28.3 Å². The number of benzene rings is 2. The van der Waals surface area contributed by atoms with Gasteiger partial charge in [0.2, 0.25) is 0 Å². The molecule has 0 amide bonds. The molecule has 1 aromatic heterocycles. The molecule has 0 saturated carbocycles. The monoisotopic (exact) mass is 457 g/mol. The number of allylic oxidation sites excluding steroid dienone is 1. The first-order valence-electron chi connectivity index (χ1n) is 7.96. The van der Waals surface area contributed by atoms with Crippen LogP contribution in [0.2, 0.25) is 0 Å². The average molecular weight is 458 g/mol. The van der Waals surface area contributed by atoms with Crippen LogP contribution in [0, 0.1) is 10.1 Å². The van der Waals surface area contributed by atoms with E-state index in [9.17, 15) is 19.7 Å². The minimum Gasteiger partial charge on any atom is -0.422 e. The van der Waals surface area contributed by atoms with Gasteiger partial charge in [0.25, 0.3) is 5.69 Å². The van der Waals surface area contributed by atoms with Gasteiger partial charge in [-0.05, 0) is 53.9 Å². The molecule has 0 radical (unpaired) electrons. The molecular formula is C20H12BrNO5S. The van der Waals surface area contributed by atoms with Gasteiger partial charge in [-0.25, -0.2) is 4.79 Å². The van der Waals surface area contributed by atoms with Crippen molar-refractivity contribution in [1.29, 1.82) is 0 Å². The molecule has 0 atom stereocenters. The fourth-order valence-corrected chi connectivity index (χ4v) is 3.27. The molecule has 28 heavy (non-hydrogen) atoms. The number of esters is 1. The Morgan fingerprint density at radius 1 is 1.11 bits per heavy atom. The largest absolute Gasteiger partial charge is 0.422 e. The normalized spacial score (nSPS) is 10.8. The maximum Gasteiger partial charge on any atom is 0.343 e. The number of nitrogens with zero attached hydrogens (tertiary/aromatic N) is 1. The van der Waals surface area contributed by atoms with Gasteiger partial charge < -0.3 is 4.74 Å². The number of ketones is 1. The molecule has 2 aromatic carbocycles. The van der Waals surface area contributed by atoms with E-state index in [2.05, 4.69) is 15.9 Å². The number of nitro groups is 1. The van der Waals surface area contributed by atoms with Crippen LogP contribution in [-0.2, 0) is 0 Å². The van der Waals surface area contributed by atoms with Gasteiger partial charge in [0.05, 0.1) is 16.1 Å². The van der Waals surface area contributed by atoms with Gasteiger partial charge in [-0.1, -0.05) is 22.0 Å². The van der Waals surface area contributed by atoms with Crippen molar-refractivity contribution >= 4 is 50.8 Å². The van der Waals surface area contributed by atoms with Crippen LogP contribution < -0.4 is 4.74 Å². The molecule has 0 aliphatic carbocycles. The van der Waals surface area contributed by atoms with Crippen molar-refractivity contribution in [3.8, 4) is 5.75 Å². The highest BCUT2D eigenvalue weighted by Crippen LogP contribution is 2.26. The Bertz CT molecular complexity index is 1060. The van der Waals surface area contributed by atoms with Gasteiger partial charge in [0, 0.05) is 21.5 Å². The number of hydrogen-bond donors (Lipinski definition) is 0. The molecule has 1 heterocycles. The summed E-state index contributed by atoms with van der Waals surface area (Å²) < 4.78 is 6.03. The SMILES string of the molecule is O=C(Oc1ccc(Br)cc1C(=O)/C=C/c1cccs1)c1ccc([N+](=O)[O-])cc1. The lowest BCUT2D eigenvalue weighted by Crippen LogP contribution is -2.11. The number of carbonyl (C=O) groups is 2. The van der Waals surface area contributed by atoms with Crippen molar-refractivity contribution in [1.82, 2.24) is 0 Å². The fraction of sp³-hybridized carbons (Fsp3) is 0. The lowest BCUT2D eigenvalue weighted by Gasteiger charge is -2.09. The zero-order valence-electron chi connectivity index (χ0n) is 14.2. The van der Waals surface area contributed by atoms with E-state index in [1.54, 1.807) is 18.2 Å². The first-order chi connectivity index (χ1) is 13.4. The van der Waals surface area contributed by atoms with Crippen LogP contribution in [-0.4, -0.2) is 16.7 Å². The van der Waals surface area contributed by atoms with Crippen molar-refractivity contribution in [3.63, 3.8) is 0 Å². The predicted octanol–water partition coefficient (Wildman–Crippen LogP) is 5.53. The Balaban J connectivity index is 1.82. The number of halogens is 1. The molecule has 140 valence electrons. The Labute approximate surface area is 172 Å². The predicted molar refractivity (Wildman–Crippen MR) is 110 cm³/mol. The van der Waals surface area contributed by atoms with Crippen LogP contribution >= 0.6 is 27.3 Å². The molecule has 0 aliphatic rings. The number of rotatable bonds is 6. The molecule has 0 unspecified atom stereocenters. The summed E-state index contributed by atoms with van der Waals surface area (Å²) in [6.45, 7) is 0. The molecule has 0 spiro atoms. The molecule has 3 rings (SSSR count). The van der Waals surface area contributed by atoms with Crippen molar-refractivity contribution in [2.45, 2.75) is 0 Å². The highest BCUT2D eigenvalue weighted by molar-refractivity contribution is 9.10. The minimum absolute atomic E-state index is 0.104. The highest BCUT2D eigenvalue weighted by atomic mass is 79.9. The summed E-state index contributed by atoms with van der Waals surface area (Å²) in [5, 5.41) is 12.6. The first kappa shape index (κ1) is 19.7. The summed E-state index contributed by atoms with van der Waals surface area (Å²) in [5.74, 6) is -0.929. The lowest BCUT2D eigenvalue weighted by atomic mass is 10.1. The maximum atomic E-state index is 12.6. The highest BCUT2D eigenvalue weighted by Gasteiger charge is 2.17. The van der Waals surface area contributed by atoms with Gasteiger partial charge >= 0.3 is 5.97 Å². The van der Waals surface area contributed by atoms with E-state index in [4.69, 9.17) is 4.74 Å². The Hall–Kier alpha value is -3.10. The summed E-state index contributed by atoms with van der Waals surface area (Å²) >= 11 is 4.81. The summed E-state index contributed by atoms with van der Waals surface area (Å²) in [7, 11) is 0. The van der Waals surface area contributed by atoms with Crippen LogP contribution in [0.5, 0.6) is 5.75 Å². The van der Waals surface area contributed by atoms with E-state index in [0.29, 0.717) is 4.47 Å². The number of ether oxygens (including phenoxy) is 1. The lowest BCUT2D eigenvalue weighted by molar-refractivity contribution is -0.384. The number of hydrogen-bond acceptors (Lipinski definition) is 6. The van der Waals surface area contributed by atoms with Crippen LogP contribution in [0.4, 0.5) is 5.69 Å². The summed E-state index contributed by atoms with van der Waals surface area (Å²) in [4.78, 5) is 36.0. The zero-order valence-corrected chi connectivity index (χ0v) is 16.6. The second kappa shape index (κ2) is 8.73. The zero-order chi connectivity index (χ0) is 20.1. The molecule has 0 saturated heterocycles. The van der Waals surface area contributed by atoms with Gasteiger partial charge in [-0.3, -0.25) is 14.9 Å². The van der Waals surface area contributed by atoms with Gasteiger partial charge in [-0.2, -0.15) is 0 Å². The number of thiophene rings is 1. The maximum absolute atomic E-state index is 12.6. The van der Waals surface area contributed by atoms with Crippen LogP contribution in [0.15, 0.2) is 70.5 Å². The molecule has 0 N–H and O–H groups in total. The third kappa shape index (κ3) is 4.79. The van der Waals surface area contributed by atoms with Gasteiger partial charge in [0.15, 0.2) is 5.78 Å². The Morgan fingerprint density at radius 3 is 2.50 bits per heavy atom. The quantitative estimate of drug-likeness (QED) is 0.121. The van der Waals surface area contributed by atoms with Gasteiger partial charge in [-0.15, -0.1) is 11.3 Å². The summed E-state index contributed by atoms with van der Waals surface area (Å²) in [6, 6.07) is 13.5. The van der Waals surface area contributed by atoms with E-state index < -0.39 is 10.9 Å². The van der Waals surface area contributed by atoms with Crippen molar-refractivity contribution in [3.05, 3.63) is 96.6 Å². The third-order valence-electron chi connectivity index (χ3n) is 3.67. The van der Waals surface area contributed by atoms with Crippen LogP contribution in [0.3, 0.4) is 0 Å². The number of carbonyl (C=O) groups excluding carboxylic acids is 2. The topological polar surface area (TPSA) is 86.5 Å². The van der Waals surface area contributed by atoms with Crippen LogP contribution in [0.1, 0.15) is 25.6 Å². The fourth-order valence-electron chi connectivity index (χ4n) is 2.30. The Morgan fingerprint density at radius 2 is 1.86 bits per heavy atom. The van der Waals surface area contributed by atoms with Crippen molar-refractivity contribution < 1.29 is 19.2 Å². The smallest absolute Gasteiger partial charge is 0.343 e. The molecule has 3 aromatic rings. The molecule has 6 nitrogen and oxygen atoms in total. The summed E-state index contributed by atoms with van der Waals surface area (Å²) in [5.41, 5.74) is 0.230. The molecule has 0 aliphatic heterocycles. The van der Waals surface area contributed by atoms with Crippen molar-refractivity contribution in [2.75, 3.05) is 0 Å². The number of nitro benzene ring substituents is 1. The standard InChI is InChI=1S/C20H12BrNO5S/c21-14-5-10-19(17(12-14)18(23)9-8-16-2-1-11-28-16)27-20(24)13-3-6-15(7-4-13)22(25)26/h1-12H/b9-8+. The molecular weight excluding hydrogens is 446 g/mol. The number of non-ortho nitro benzene ring substituents is 1. The van der Waals surface area contributed by atoms with E-state index in [1.165, 1.54) is 47.7 Å². The second-order valence-corrected chi connectivity index (χ2v) is 7.44. The average Bonchev–Trinajstić information content (AvgIpc) is 3.21. The van der Waals surface area contributed by atoms with Gasteiger partial charge in [0.1, 0.15) is 5.75 Å². The van der Waals surface area contributed by atoms with Crippen molar-refractivity contribution in [2.24, 2.45) is 0 Å². The minimum atomic E-state index is -0.714. The Kier molecular flexibility index (Phi) is 6.13.